The molecule has 0 radical (unpaired) electrons. The van der Waals surface area contributed by atoms with Crippen molar-refractivity contribution in [3.8, 4) is 0 Å². The summed E-state index contributed by atoms with van der Waals surface area (Å²) < 4.78 is 0. The molecule has 0 spiro atoms. The van der Waals surface area contributed by atoms with Crippen molar-refractivity contribution >= 4 is 0 Å². The van der Waals surface area contributed by atoms with Crippen LogP contribution in [0.25, 0.3) is 0 Å². The molecule has 0 aliphatic heterocycles. The van der Waals surface area contributed by atoms with Crippen LogP contribution in [0.3, 0.4) is 0 Å². The molecular weight excluding hydrogens is 196 g/mol. The molecule has 0 saturated heterocycles. The van der Waals surface area contributed by atoms with Crippen LogP contribution in [0.1, 0.15) is 29.5 Å². The molecule has 2 nitrogen and oxygen atoms in total. The van der Waals surface area contributed by atoms with Gasteiger partial charge in [-0.25, -0.2) is 0 Å². The summed E-state index contributed by atoms with van der Waals surface area (Å²) >= 11 is 0. The molecule has 1 unspecified atom stereocenters. The summed E-state index contributed by atoms with van der Waals surface area (Å²) in [6, 6.07) is 10.8. The Morgan fingerprint density at radius 1 is 1.25 bits per heavy atom. The van der Waals surface area contributed by atoms with E-state index in [1.807, 2.05) is 12.4 Å². The van der Waals surface area contributed by atoms with Gasteiger partial charge in [-0.05, 0) is 41.6 Å². The minimum absolute atomic E-state index is 0.436. The van der Waals surface area contributed by atoms with Crippen LogP contribution in [0.2, 0.25) is 0 Å². The van der Waals surface area contributed by atoms with Crippen molar-refractivity contribution in [2.75, 3.05) is 6.54 Å². The van der Waals surface area contributed by atoms with Crippen LogP contribution in [-0.2, 0) is 6.42 Å². The lowest BCUT2D eigenvalue weighted by molar-refractivity contribution is 0.772. The van der Waals surface area contributed by atoms with Gasteiger partial charge < -0.3 is 10.7 Å². The smallest absolute Gasteiger partial charge is 0.00407 e. The first-order valence-electron chi connectivity index (χ1n) is 5.70. The minimum Gasteiger partial charge on any atom is -0.367 e. The molecule has 0 bridgehead atoms. The summed E-state index contributed by atoms with van der Waals surface area (Å²) in [5, 5.41) is 0. The molecule has 84 valence electrons. The molecule has 1 atom stereocenters. The van der Waals surface area contributed by atoms with E-state index in [1.165, 1.54) is 16.7 Å². The van der Waals surface area contributed by atoms with E-state index in [0.717, 1.165) is 6.42 Å². The Bertz CT molecular complexity index is 432. The van der Waals surface area contributed by atoms with Crippen LogP contribution in [0.4, 0.5) is 0 Å². The lowest BCUT2D eigenvalue weighted by Crippen LogP contribution is -2.09. The van der Waals surface area contributed by atoms with Crippen molar-refractivity contribution in [2.24, 2.45) is 5.73 Å². The number of nitrogens with two attached hydrogens (primary N) is 1. The molecule has 0 saturated carbocycles. The maximum absolute atomic E-state index is 5.69. The van der Waals surface area contributed by atoms with Crippen LogP contribution in [-0.4, -0.2) is 11.5 Å². The molecule has 0 amide bonds. The summed E-state index contributed by atoms with van der Waals surface area (Å²) in [5.41, 5.74) is 9.68. The number of H-pyrrole nitrogens is 1. The molecule has 1 aromatic carbocycles. The van der Waals surface area contributed by atoms with Gasteiger partial charge in [-0.2, -0.15) is 0 Å². The van der Waals surface area contributed by atoms with Gasteiger partial charge in [-0.1, -0.05) is 31.2 Å². The zero-order valence-corrected chi connectivity index (χ0v) is 9.61. The third kappa shape index (κ3) is 2.52. The average molecular weight is 214 g/mol. The number of rotatable bonds is 4. The number of benzene rings is 1. The molecule has 0 aliphatic rings. The highest BCUT2D eigenvalue weighted by Crippen LogP contribution is 2.17. The van der Waals surface area contributed by atoms with Crippen molar-refractivity contribution in [3.05, 3.63) is 59.4 Å². The number of nitrogens with one attached hydrogen (secondary N) is 1. The summed E-state index contributed by atoms with van der Waals surface area (Å²) in [6.07, 6.45) is 4.98. The van der Waals surface area contributed by atoms with E-state index in [0.29, 0.717) is 12.5 Å². The van der Waals surface area contributed by atoms with Crippen molar-refractivity contribution in [2.45, 2.75) is 19.3 Å². The number of hydrogen-bond donors (Lipinski definition) is 2. The standard InChI is InChI=1S/C14H18N2/c1-11(9-15)14-4-2-3-12(8-14)7-13-5-6-16-10-13/h2-6,8,10-11,16H,7,9,15H2,1H3. The van der Waals surface area contributed by atoms with Crippen LogP contribution in [0, 0.1) is 0 Å². The monoisotopic (exact) mass is 214 g/mol. The minimum atomic E-state index is 0.436. The summed E-state index contributed by atoms with van der Waals surface area (Å²) in [7, 11) is 0. The topological polar surface area (TPSA) is 41.8 Å². The lowest BCUT2D eigenvalue weighted by Gasteiger charge is -2.10. The maximum atomic E-state index is 5.69. The Balaban J connectivity index is 2.16. The summed E-state index contributed by atoms with van der Waals surface area (Å²) in [5.74, 6) is 0.436. The Hall–Kier alpha value is -1.54. The maximum Gasteiger partial charge on any atom is 0.00407 e. The molecule has 2 rings (SSSR count). The van der Waals surface area contributed by atoms with Gasteiger partial charge in [-0.15, -0.1) is 0 Å². The fourth-order valence-corrected chi connectivity index (χ4v) is 1.85. The van der Waals surface area contributed by atoms with Crippen molar-refractivity contribution in [1.29, 1.82) is 0 Å². The molecular formula is C14H18N2. The lowest BCUT2D eigenvalue weighted by atomic mass is 9.97. The normalized spacial score (nSPS) is 12.6. The third-order valence-electron chi connectivity index (χ3n) is 2.94. The first-order valence-corrected chi connectivity index (χ1v) is 5.70. The van der Waals surface area contributed by atoms with Gasteiger partial charge in [0.25, 0.3) is 0 Å². The van der Waals surface area contributed by atoms with E-state index in [4.69, 9.17) is 5.73 Å². The molecule has 1 heterocycles. The molecule has 0 fully saturated rings. The Labute approximate surface area is 96.5 Å². The van der Waals surface area contributed by atoms with E-state index >= 15 is 0 Å². The fourth-order valence-electron chi connectivity index (χ4n) is 1.85. The van der Waals surface area contributed by atoms with Crippen LogP contribution in [0.15, 0.2) is 42.7 Å². The molecule has 16 heavy (non-hydrogen) atoms. The SMILES string of the molecule is CC(CN)c1cccc(Cc2cc[nH]c2)c1. The highest BCUT2D eigenvalue weighted by Gasteiger charge is 2.04. The molecule has 3 N–H and O–H groups in total. The molecule has 0 aliphatic carbocycles. The Morgan fingerprint density at radius 3 is 2.81 bits per heavy atom. The second kappa shape index (κ2) is 4.99. The Kier molecular flexibility index (Phi) is 3.42. The zero-order valence-electron chi connectivity index (χ0n) is 9.61. The molecule has 1 aromatic heterocycles. The highest BCUT2D eigenvalue weighted by atomic mass is 14.6. The van der Waals surface area contributed by atoms with E-state index in [9.17, 15) is 0 Å². The van der Waals surface area contributed by atoms with Crippen molar-refractivity contribution < 1.29 is 0 Å². The fraction of sp³-hybridized carbons (Fsp3) is 0.286. The van der Waals surface area contributed by atoms with Crippen LogP contribution in [0.5, 0.6) is 0 Å². The van der Waals surface area contributed by atoms with Gasteiger partial charge in [0.15, 0.2) is 0 Å². The largest absolute Gasteiger partial charge is 0.367 e. The van der Waals surface area contributed by atoms with E-state index < -0.39 is 0 Å². The van der Waals surface area contributed by atoms with Crippen LogP contribution < -0.4 is 5.73 Å². The zero-order chi connectivity index (χ0) is 11.4. The predicted octanol–water partition coefficient (Wildman–Crippen LogP) is 2.67. The first kappa shape index (κ1) is 11.0. The first-order chi connectivity index (χ1) is 7.79. The van der Waals surface area contributed by atoms with E-state index in [1.54, 1.807) is 0 Å². The summed E-state index contributed by atoms with van der Waals surface area (Å²) in [6.45, 7) is 2.86. The number of aromatic amines is 1. The van der Waals surface area contributed by atoms with E-state index in [2.05, 4.69) is 42.2 Å². The number of aromatic nitrogens is 1. The quantitative estimate of drug-likeness (QED) is 0.807. The molecule has 2 heteroatoms. The van der Waals surface area contributed by atoms with Gasteiger partial charge >= 0.3 is 0 Å². The van der Waals surface area contributed by atoms with E-state index in [-0.39, 0.29) is 0 Å². The third-order valence-corrected chi connectivity index (χ3v) is 2.94. The molecule has 2 aromatic rings. The van der Waals surface area contributed by atoms with Gasteiger partial charge in [-0.3, -0.25) is 0 Å². The van der Waals surface area contributed by atoms with Gasteiger partial charge in [0, 0.05) is 12.4 Å². The van der Waals surface area contributed by atoms with Crippen molar-refractivity contribution in [1.82, 2.24) is 4.98 Å². The van der Waals surface area contributed by atoms with Gasteiger partial charge in [0.1, 0.15) is 0 Å². The van der Waals surface area contributed by atoms with Crippen molar-refractivity contribution in [3.63, 3.8) is 0 Å². The average Bonchev–Trinajstić information content (AvgIpc) is 2.81. The Morgan fingerprint density at radius 2 is 2.12 bits per heavy atom. The van der Waals surface area contributed by atoms with Gasteiger partial charge in [0.05, 0.1) is 0 Å². The second-order valence-corrected chi connectivity index (χ2v) is 4.28. The second-order valence-electron chi connectivity index (χ2n) is 4.28. The van der Waals surface area contributed by atoms with Gasteiger partial charge in [0.2, 0.25) is 0 Å². The predicted molar refractivity (Wildman–Crippen MR) is 67.5 cm³/mol. The van der Waals surface area contributed by atoms with Crippen LogP contribution >= 0.6 is 0 Å². The summed E-state index contributed by atoms with van der Waals surface area (Å²) in [4.78, 5) is 3.08. The number of hydrogen-bond acceptors (Lipinski definition) is 1. The highest BCUT2D eigenvalue weighted by molar-refractivity contribution is 5.30.